The van der Waals surface area contributed by atoms with Crippen LogP contribution in [0.3, 0.4) is 0 Å². The van der Waals surface area contributed by atoms with E-state index in [4.69, 9.17) is 0 Å². The normalized spacial score (nSPS) is 10.9. The van der Waals surface area contributed by atoms with Crippen molar-refractivity contribution in [1.82, 2.24) is 19.9 Å². The summed E-state index contributed by atoms with van der Waals surface area (Å²) in [5.74, 6) is -0.236. The fraction of sp³-hybridized carbons (Fsp3) is 0.278. The van der Waals surface area contributed by atoms with Crippen molar-refractivity contribution in [3.8, 4) is 0 Å². The summed E-state index contributed by atoms with van der Waals surface area (Å²) >= 11 is 0. The second-order valence-corrected chi connectivity index (χ2v) is 5.67. The van der Waals surface area contributed by atoms with E-state index in [-0.39, 0.29) is 11.5 Å². The van der Waals surface area contributed by atoms with Crippen molar-refractivity contribution in [3.63, 3.8) is 0 Å². The molecular weight excluding hydrogens is 304 g/mol. The lowest BCUT2D eigenvalue weighted by Gasteiger charge is -2.05. The highest BCUT2D eigenvalue weighted by Crippen LogP contribution is 2.09. The summed E-state index contributed by atoms with van der Waals surface area (Å²) < 4.78 is 1.33. The van der Waals surface area contributed by atoms with Crippen molar-refractivity contribution in [2.24, 2.45) is 0 Å². The predicted octanol–water partition coefficient (Wildman–Crippen LogP) is 1.87. The van der Waals surface area contributed by atoms with Gasteiger partial charge in [0.05, 0.1) is 0 Å². The molecule has 0 aliphatic rings. The van der Waals surface area contributed by atoms with Gasteiger partial charge in [0.25, 0.3) is 11.5 Å². The zero-order valence-corrected chi connectivity index (χ0v) is 13.8. The molecule has 0 spiro atoms. The van der Waals surface area contributed by atoms with E-state index in [1.54, 1.807) is 6.92 Å². The van der Waals surface area contributed by atoms with Gasteiger partial charge in [0.2, 0.25) is 0 Å². The van der Waals surface area contributed by atoms with Crippen LogP contribution in [0.25, 0.3) is 5.65 Å². The number of nitrogens with zero attached hydrogens (tertiary/aromatic N) is 2. The van der Waals surface area contributed by atoms with Crippen LogP contribution in [0.4, 0.5) is 0 Å². The molecule has 124 valence electrons. The standard InChI is InChI=1S/C18H20N4O2/c1-3-14-12(2)21-16-15(11-20-22(16)18(14)24)17(23)19-10-9-13-7-5-4-6-8-13/h4-8,11,20H,3,9-10H2,1-2H3,(H,19,23). The average molecular weight is 324 g/mol. The second kappa shape index (κ2) is 6.70. The number of aromatic nitrogens is 3. The number of fused-ring (bicyclic) bond motifs is 1. The molecule has 0 aliphatic heterocycles. The Kier molecular flexibility index (Phi) is 4.46. The van der Waals surface area contributed by atoms with E-state index >= 15 is 0 Å². The molecule has 0 saturated heterocycles. The number of H-pyrrole nitrogens is 1. The molecule has 0 bridgehead atoms. The number of aryl methyl sites for hydroxylation is 1. The highest BCUT2D eigenvalue weighted by Gasteiger charge is 2.17. The van der Waals surface area contributed by atoms with E-state index in [1.807, 2.05) is 37.3 Å². The van der Waals surface area contributed by atoms with Crippen molar-refractivity contribution in [2.75, 3.05) is 6.54 Å². The third kappa shape index (κ3) is 2.95. The van der Waals surface area contributed by atoms with Crippen LogP contribution >= 0.6 is 0 Å². The lowest BCUT2D eigenvalue weighted by molar-refractivity contribution is 0.0955. The minimum atomic E-state index is -0.236. The molecule has 6 heteroatoms. The quantitative estimate of drug-likeness (QED) is 0.752. The number of hydrogen-bond donors (Lipinski definition) is 2. The van der Waals surface area contributed by atoms with E-state index in [0.29, 0.717) is 35.4 Å². The van der Waals surface area contributed by atoms with Gasteiger partial charge >= 0.3 is 0 Å². The molecule has 0 aliphatic carbocycles. The third-order valence-corrected chi connectivity index (χ3v) is 4.10. The van der Waals surface area contributed by atoms with Crippen LogP contribution in [0.2, 0.25) is 0 Å². The summed E-state index contributed by atoms with van der Waals surface area (Å²) in [6.07, 6.45) is 2.89. The maximum atomic E-state index is 12.4. The van der Waals surface area contributed by atoms with Gasteiger partial charge in [-0.1, -0.05) is 37.3 Å². The summed E-state index contributed by atoms with van der Waals surface area (Å²) in [5, 5.41) is 5.71. The molecule has 0 atom stereocenters. The SMILES string of the molecule is CCc1c(C)nc2c(C(=O)NCCc3ccccc3)c[nH]n2c1=O. The van der Waals surface area contributed by atoms with Crippen molar-refractivity contribution >= 4 is 11.6 Å². The van der Waals surface area contributed by atoms with E-state index in [2.05, 4.69) is 15.4 Å². The molecule has 24 heavy (non-hydrogen) atoms. The monoisotopic (exact) mass is 324 g/mol. The fourth-order valence-electron chi connectivity index (χ4n) is 2.79. The number of aromatic amines is 1. The molecule has 2 N–H and O–H groups in total. The number of amides is 1. The molecule has 1 amide bonds. The zero-order valence-electron chi connectivity index (χ0n) is 13.8. The molecule has 3 aromatic rings. The Morgan fingerprint density at radius 1 is 1.29 bits per heavy atom. The lowest BCUT2D eigenvalue weighted by Crippen LogP contribution is -2.26. The first-order valence-corrected chi connectivity index (χ1v) is 8.03. The van der Waals surface area contributed by atoms with Crippen LogP contribution in [0.15, 0.2) is 41.3 Å². The second-order valence-electron chi connectivity index (χ2n) is 5.67. The number of benzene rings is 1. The van der Waals surface area contributed by atoms with Gasteiger partial charge < -0.3 is 5.32 Å². The summed E-state index contributed by atoms with van der Waals surface area (Å²) in [5.41, 5.74) is 3.08. The van der Waals surface area contributed by atoms with E-state index < -0.39 is 0 Å². The van der Waals surface area contributed by atoms with Crippen LogP contribution in [0.5, 0.6) is 0 Å². The molecule has 2 aromatic heterocycles. The maximum absolute atomic E-state index is 12.4. The first-order chi connectivity index (χ1) is 11.6. The molecule has 0 radical (unpaired) electrons. The largest absolute Gasteiger partial charge is 0.352 e. The van der Waals surface area contributed by atoms with Crippen LogP contribution in [0, 0.1) is 6.92 Å². The Morgan fingerprint density at radius 2 is 2.04 bits per heavy atom. The molecule has 0 fully saturated rings. The van der Waals surface area contributed by atoms with Crippen LogP contribution in [0.1, 0.15) is 34.1 Å². The fourth-order valence-corrected chi connectivity index (χ4v) is 2.79. The van der Waals surface area contributed by atoms with Crippen LogP contribution in [-0.2, 0) is 12.8 Å². The minimum Gasteiger partial charge on any atom is -0.352 e. The van der Waals surface area contributed by atoms with Gasteiger partial charge in [-0.2, -0.15) is 0 Å². The number of carbonyl (C=O) groups excluding carboxylic acids is 1. The summed E-state index contributed by atoms with van der Waals surface area (Å²) in [4.78, 5) is 29.2. The summed E-state index contributed by atoms with van der Waals surface area (Å²) in [6, 6.07) is 9.95. The van der Waals surface area contributed by atoms with Gasteiger partial charge in [-0.15, -0.1) is 0 Å². The Labute approximate surface area is 139 Å². The van der Waals surface area contributed by atoms with Gasteiger partial charge in [-0.3, -0.25) is 14.7 Å². The van der Waals surface area contributed by atoms with Gasteiger partial charge in [0, 0.05) is 24.0 Å². The van der Waals surface area contributed by atoms with E-state index in [1.165, 1.54) is 10.7 Å². The molecule has 3 rings (SSSR count). The number of nitrogens with one attached hydrogen (secondary N) is 2. The minimum absolute atomic E-state index is 0.150. The summed E-state index contributed by atoms with van der Waals surface area (Å²) in [7, 11) is 0. The van der Waals surface area contributed by atoms with Crippen LogP contribution in [-0.4, -0.2) is 27.0 Å². The highest BCUT2D eigenvalue weighted by atomic mass is 16.2. The molecular formula is C18H20N4O2. The van der Waals surface area contributed by atoms with Gasteiger partial charge in [0.1, 0.15) is 5.56 Å². The Bertz CT molecular complexity index is 925. The molecule has 1 aromatic carbocycles. The van der Waals surface area contributed by atoms with Crippen LogP contribution < -0.4 is 10.9 Å². The Hall–Kier alpha value is -2.89. The Morgan fingerprint density at radius 3 is 2.75 bits per heavy atom. The average Bonchev–Trinajstić information content (AvgIpc) is 3.00. The molecule has 0 unspecified atom stereocenters. The van der Waals surface area contributed by atoms with Crippen molar-refractivity contribution in [1.29, 1.82) is 0 Å². The third-order valence-electron chi connectivity index (χ3n) is 4.10. The lowest BCUT2D eigenvalue weighted by atomic mass is 10.1. The van der Waals surface area contributed by atoms with Gasteiger partial charge in [-0.05, 0) is 25.3 Å². The first kappa shape index (κ1) is 16.0. The number of hydrogen-bond acceptors (Lipinski definition) is 3. The summed E-state index contributed by atoms with van der Waals surface area (Å²) in [6.45, 7) is 4.23. The first-order valence-electron chi connectivity index (χ1n) is 8.03. The van der Waals surface area contributed by atoms with Crippen molar-refractivity contribution < 1.29 is 4.79 Å². The van der Waals surface area contributed by atoms with Gasteiger partial charge in [-0.25, -0.2) is 9.50 Å². The number of rotatable bonds is 5. The Balaban J connectivity index is 1.79. The topological polar surface area (TPSA) is 79.3 Å². The van der Waals surface area contributed by atoms with Crippen molar-refractivity contribution in [2.45, 2.75) is 26.7 Å². The molecule has 0 saturated carbocycles. The molecule has 2 heterocycles. The maximum Gasteiger partial charge on any atom is 0.276 e. The van der Waals surface area contributed by atoms with Crippen molar-refractivity contribution in [3.05, 3.63) is 69.3 Å². The number of carbonyl (C=O) groups is 1. The zero-order chi connectivity index (χ0) is 17.1. The predicted molar refractivity (Wildman–Crippen MR) is 92.4 cm³/mol. The van der Waals surface area contributed by atoms with Gasteiger partial charge in [0.15, 0.2) is 5.65 Å². The van der Waals surface area contributed by atoms with E-state index in [0.717, 1.165) is 12.0 Å². The smallest absolute Gasteiger partial charge is 0.276 e. The molecule has 6 nitrogen and oxygen atoms in total. The van der Waals surface area contributed by atoms with E-state index in [9.17, 15) is 9.59 Å². The highest BCUT2D eigenvalue weighted by molar-refractivity contribution is 5.99.